The van der Waals surface area contributed by atoms with Crippen molar-refractivity contribution in [2.24, 2.45) is 5.11 Å². The van der Waals surface area contributed by atoms with E-state index in [-0.39, 0.29) is 18.1 Å². The van der Waals surface area contributed by atoms with E-state index in [1.54, 1.807) is 6.92 Å². The van der Waals surface area contributed by atoms with Gasteiger partial charge in [0.15, 0.2) is 6.23 Å². The molecule has 12 nitrogen and oxygen atoms in total. The van der Waals surface area contributed by atoms with Gasteiger partial charge in [0, 0.05) is 17.5 Å². The van der Waals surface area contributed by atoms with Crippen molar-refractivity contribution in [2.75, 3.05) is 11.9 Å². The molecule has 0 aliphatic carbocycles. The number of aromatic nitrogens is 2. The van der Waals surface area contributed by atoms with E-state index in [2.05, 4.69) is 20.3 Å². The van der Waals surface area contributed by atoms with E-state index in [9.17, 15) is 24.9 Å². The number of carbonyl (C=O) groups excluding carboxylic acids is 1. The van der Waals surface area contributed by atoms with Gasteiger partial charge in [0.25, 0.3) is 0 Å². The van der Waals surface area contributed by atoms with E-state index >= 15 is 0 Å². The van der Waals surface area contributed by atoms with Gasteiger partial charge in [-0.15, -0.1) is 0 Å². The number of aliphatic hydroxyl groups excluding tert-OH is 3. The molecule has 130 valence electrons. The molecule has 0 radical (unpaired) electrons. The Kier molecular flexibility index (Phi) is 5.17. The zero-order valence-electron chi connectivity index (χ0n) is 12.6. The van der Waals surface area contributed by atoms with Gasteiger partial charge in [0.2, 0.25) is 11.6 Å². The number of hydrogen-bond donors (Lipinski definition) is 4. The Hall–Kier alpha value is -2.50. The summed E-state index contributed by atoms with van der Waals surface area (Å²) in [5, 5.41) is 34.9. The Labute approximate surface area is 134 Å². The van der Waals surface area contributed by atoms with Crippen LogP contribution < -0.4 is 11.0 Å². The molecule has 1 amide bonds. The van der Waals surface area contributed by atoms with Gasteiger partial charge in [-0.3, -0.25) is 9.36 Å². The van der Waals surface area contributed by atoms with Crippen molar-refractivity contribution in [1.82, 2.24) is 9.55 Å². The number of amides is 1. The molecule has 1 aliphatic rings. The van der Waals surface area contributed by atoms with Crippen molar-refractivity contribution in [2.45, 2.75) is 37.5 Å². The number of nitrogens with zero attached hydrogens (tertiary/aromatic N) is 5. The summed E-state index contributed by atoms with van der Waals surface area (Å²) in [7, 11) is 0. The molecule has 4 unspecified atom stereocenters. The molecule has 1 fully saturated rings. The van der Waals surface area contributed by atoms with Gasteiger partial charge in [0.1, 0.15) is 18.0 Å². The van der Waals surface area contributed by atoms with E-state index in [0.717, 1.165) is 4.57 Å². The Morgan fingerprint density at radius 1 is 1.62 bits per heavy atom. The van der Waals surface area contributed by atoms with Crippen LogP contribution in [0.4, 0.5) is 5.82 Å². The second-order valence-corrected chi connectivity index (χ2v) is 5.04. The molecule has 4 atom stereocenters. The summed E-state index contributed by atoms with van der Waals surface area (Å²) in [6.45, 7) is 0.726. The first-order valence-corrected chi connectivity index (χ1v) is 6.98. The molecule has 0 spiro atoms. The van der Waals surface area contributed by atoms with Crippen LogP contribution in [0.5, 0.6) is 0 Å². The lowest BCUT2D eigenvalue weighted by Gasteiger charge is -2.23. The Bertz CT molecular complexity index is 731. The van der Waals surface area contributed by atoms with Crippen LogP contribution >= 0.6 is 0 Å². The predicted octanol–water partition coefficient (Wildman–Crippen LogP) is -1.16. The summed E-state index contributed by atoms with van der Waals surface area (Å²) < 4.78 is 6.08. The lowest BCUT2D eigenvalue weighted by Crippen LogP contribution is -2.44. The first-order chi connectivity index (χ1) is 11.4. The number of hydrogen-bond acceptors (Lipinski definition) is 8. The SMILES string of the molecule is CCC(=O)Nc1ccn(C2OC(CO)(N=[N+]=[N-])C(O)C2O)c(=O)n1. The molecule has 0 bridgehead atoms. The number of carbonyl (C=O) groups is 1. The summed E-state index contributed by atoms with van der Waals surface area (Å²) in [4.78, 5) is 29.5. The predicted molar refractivity (Wildman–Crippen MR) is 78.5 cm³/mol. The van der Waals surface area contributed by atoms with Crippen LogP contribution in [-0.4, -0.2) is 55.3 Å². The molecule has 1 aliphatic heterocycles. The van der Waals surface area contributed by atoms with E-state index in [0.29, 0.717) is 0 Å². The van der Waals surface area contributed by atoms with E-state index in [1.165, 1.54) is 12.3 Å². The van der Waals surface area contributed by atoms with Gasteiger partial charge in [-0.1, -0.05) is 12.0 Å². The average molecular weight is 340 g/mol. The van der Waals surface area contributed by atoms with Crippen LogP contribution in [0.25, 0.3) is 10.4 Å². The molecule has 0 aromatic carbocycles. The van der Waals surface area contributed by atoms with Crippen LogP contribution in [0, 0.1) is 0 Å². The number of nitrogens with one attached hydrogen (secondary N) is 1. The van der Waals surface area contributed by atoms with Crippen molar-refractivity contribution >= 4 is 11.7 Å². The monoisotopic (exact) mass is 340 g/mol. The standard InChI is InChI=1S/C12H16N6O6/c1-2-7(20)14-6-3-4-18(11(23)15-6)10-8(21)9(22)12(5-19,24-10)16-17-13/h3-4,8-10,19,21-22H,2,5H2,1H3,(H,14,15,20,23). The van der Waals surface area contributed by atoms with Crippen molar-refractivity contribution in [3.05, 3.63) is 33.2 Å². The maximum atomic E-state index is 12.1. The number of ether oxygens (including phenoxy) is 1. The first kappa shape index (κ1) is 17.8. The molecule has 1 aromatic rings. The maximum absolute atomic E-state index is 12.1. The van der Waals surface area contributed by atoms with Crippen molar-refractivity contribution in [3.63, 3.8) is 0 Å². The number of azide groups is 1. The van der Waals surface area contributed by atoms with E-state index in [1.807, 2.05) is 0 Å². The maximum Gasteiger partial charge on any atom is 0.351 e. The average Bonchev–Trinajstić information content (AvgIpc) is 2.81. The third-order valence-electron chi connectivity index (χ3n) is 3.54. The summed E-state index contributed by atoms with van der Waals surface area (Å²) in [6, 6.07) is 1.30. The highest BCUT2D eigenvalue weighted by molar-refractivity contribution is 5.89. The van der Waals surface area contributed by atoms with Crippen LogP contribution in [-0.2, 0) is 9.53 Å². The molecule has 0 saturated carbocycles. The minimum Gasteiger partial charge on any atom is -0.393 e. The fraction of sp³-hybridized carbons (Fsp3) is 0.583. The van der Waals surface area contributed by atoms with Gasteiger partial charge < -0.3 is 25.4 Å². The summed E-state index contributed by atoms with van der Waals surface area (Å²) >= 11 is 0. The molecular formula is C12H16N6O6. The number of rotatable bonds is 5. The lowest BCUT2D eigenvalue weighted by atomic mass is 10.1. The van der Waals surface area contributed by atoms with Gasteiger partial charge in [-0.2, -0.15) is 4.98 Å². The minimum absolute atomic E-state index is 0.0135. The zero-order chi connectivity index (χ0) is 17.9. The Balaban J connectivity index is 2.33. The second-order valence-electron chi connectivity index (χ2n) is 5.04. The van der Waals surface area contributed by atoms with Crippen LogP contribution in [0.3, 0.4) is 0 Å². The first-order valence-electron chi connectivity index (χ1n) is 6.98. The molecule has 1 saturated heterocycles. The highest BCUT2D eigenvalue weighted by Crippen LogP contribution is 2.37. The highest BCUT2D eigenvalue weighted by atomic mass is 16.6. The fourth-order valence-corrected chi connectivity index (χ4v) is 2.22. The van der Waals surface area contributed by atoms with Crippen molar-refractivity contribution < 1.29 is 24.9 Å². The smallest absolute Gasteiger partial charge is 0.351 e. The molecule has 12 heteroatoms. The van der Waals surface area contributed by atoms with Crippen LogP contribution in [0.15, 0.2) is 22.2 Å². The molecule has 2 rings (SSSR count). The molecule has 2 heterocycles. The lowest BCUT2D eigenvalue weighted by molar-refractivity contribution is -0.125. The molecule has 1 aromatic heterocycles. The Morgan fingerprint density at radius 3 is 2.88 bits per heavy atom. The summed E-state index contributed by atoms with van der Waals surface area (Å²) in [5.74, 6) is -0.325. The second kappa shape index (κ2) is 6.95. The van der Waals surface area contributed by atoms with Gasteiger partial charge in [0.05, 0.1) is 6.61 Å². The zero-order valence-corrected chi connectivity index (χ0v) is 12.6. The summed E-state index contributed by atoms with van der Waals surface area (Å²) in [5.41, 5.74) is 5.54. The fourth-order valence-electron chi connectivity index (χ4n) is 2.22. The minimum atomic E-state index is -2.12. The highest BCUT2D eigenvalue weighted by Gasteiger charge is 2.54. The van der Waals surface area contributed by atoms with Crippen molar-refractivity contribution in [1.29, 1.82) is 0 Å². The molecular weight excluding hydrogens is 324 g/mol. The van der Waals surface area contributed by atoms with Crippen LogP contribution in [0.2, 0.25) is 0 Å². The van der Waals surface area contributed by atoms with Gasteiger partial charge >= 0.3 is 5.69 Å². The normalized spacial score (nSPS) is 29.1. The molecule has 24 heavy (non-hydrogen) atoms. The topological polar surface area (TPSA) is 183 Å². The largest absolute Gasteiger partial charge is 0.393 e. The van der Waals surface area contributed by atoms with Crippen molar-refractivity contribution in [3.8, 4) is 0 Å². The van der Waals surface area contributed by atoms with Crippen LogP contribution in [0.1, 0.15) is 19.6 Å². The summed E-state index contributed by atoms with van der Waals surface area (Å²) in [6.07, 6.45) is -3.46. The van der Waals surface area contributed by atoms with E-state index in [4.69, 9.17) is 10.3 Å². The third-order valence-corrected chi connectivity index (χ3v) is 3.54. The van der Waals surface area contributed by atoms with Gasteiger partial charge in [-0.05, 0) is 11.6 Å². The Morgan fingerprint density at radius 2 is 2.33 bits per heavy atom. The third kappa shape index (κ3) is 3.09. The van der Waals surface area contributed by atoms with Gasteiger partial charge in [-0.25, -0.2) is 4.79 Å². The number of aliphatic hydroxyl groups is 3. The quantitative estimate of drug-likeness (QED) is 0.296. The molecule has 4 N–H and O–H groups in total. The van der Waals surface area contributed by atoms with E-state index < -0.39 is 36.5 Å². The number of anilines is 1.